The third-order valence-corrected chi connectivity index (χ3v) is 3.04. The van der Waals surface area contributed by atoms with Crippen molar-refractivity contribution in [1.82, 2.24) is 4.98 Å². The highest BCUT2D eigenvalue weighted by Gasteiger charge is 2.21. The van der Waals surface area contributed by atoms with E-state index in [-0.39, 0.29) is 6.04 Å². The van der Waals surface area contributed by atoms with Crippen molar-refractivity contribution in [2.45, 2.75) is 44.7 Å². The molecule has 82 valence electrons. The molecular weight excluding hydrogens is 186 g/mol. The molecule has 0 aromatic carbocycles. The smallest absolute Gasteiger partial charge is 0.126 e. The number of nitrogens with one attached hydrogen (secondary N) is 1. The van der Waals surface area contributed by atoms with Gasteiger partial charge in [-0.2, -0.15) is 0 Å². The lowest BCUT2D eigenvalue weighted by Crippen LogP contribution is -2.42. The minimum atomic E-state index is 0.279. The van der Waals surface area contributed by atoms with Crippen molar-refractivity contribution >= 4 is 5.82 Å². The second-order valence-electron chi connectivity index (χ2n) is 4.36. The average Bonchev–Trinajstić information content (AvgIpc) is 2.22. The minimum absolute atomic E-state index is 0.279. The molecule has 2 rings (SSSR count). The fourth-order valence-corrected chi connectivity index (χ4v) is 2.15. The summed E-state index contributed by atoms with van der Waals surface area (Å²) in [5.41, 5.74) is 7.12. The highest BCUT2D eigenvalue weighted by atomic mass is 15.0. The second-order valence-corrected chi connectivity index (χ2v) is 4.36. The van der Waals surface area contributed by atoms with Crippen LogP contribution in [0.2, 0.25) is 0 Å². The molecule has 15 heavy (non-hydrogen) atoms. The summed E-state index contributed by atoms with van der Waals surface area (Å²) >= 11 is 0. The number of anilines is 1. The molecule has 0 spiro atoms. The summed E-state index contributed by atoms with van der Waals surface area (Å²) in [5, 5.41) is 3.44. The van der Waals surface area contributed by atoms with Gasteiger partial charge in [-0.3, -0.25) is 0 Å². The Morgan fingerprint density at radius 2 is 2.13 bits per heavy atom. The number of rotatable bonds is 2. The summed E-state index contributed by atoms with van der Waals surface area (Å²) in [6, 6.07) is 6.72. The first-order valence-electron chi connectivity index (χ1n) is 5.71. The van der Waals surface area contributed by atoms with E-state index in [4.69, 9.17) is 5.73 Å². The lowest BCUT2D eigenvalue weighted by Gasteiger charge is -2.29. The topological polar surface area (TPSA) is 50.9 Å². The predicted octanol–water partition coefficient (Wildman–Crippen LogP) is 2.07. The molecule has 0 amide bonds. The van der Waals surface area contributed by atoms with E-state index < -0.39 is 0 Å². The van der Waals surface area contributed by atoms with Gasteiger partial charge in [-0.05, 0) is 31.9 Å². The van der Waals surface area contributed by atoms with E-state index in [2.05, 4.69) is 10.3 Å². The molecule has 0 radical (unpaired) electrons. The Kier molecular flexibility index (Phi) is 3.21. The quantitative estimate of drug-likeness (QED) is 0.777. The van der Waals surface area contributed by atoms with E-state index in [1.54, 1.807) is 0 Å². The molecule has 1 heterocycles. The summed E-state index contributed by atoms with van der Waals surface area (Å²) in [6.07, 6.45) is 4.83. The molecule has 1 aliphatic rings. The Balaban J connectivity index is 2.01. The van der Waals surface area contributed by atoms with Crippen LogP contribution in [0.3, 0.4) is 0 Å². The Hall–Kier alpha value is -1.09. The van der Waals surface area contributed by atoms with Gasteiger partial charge in [0.05, 0.1) is 0 Å². The van der Waals surface area contributed by atoms with Crippen molar-refractivity contribution in [2.24, 2.45) is 5.73 Å². The van der Waals surface area contributed by atoms with Gasteiger partial charge in [-0.1, -0.05) is 18.9 Å². The number of nitrogens with two attached hydrogens (primary N) is 1. The number of aryl methyl sites for hydroxylation is 1. The number of hydrogen-bond donors (Lipinski definition) is 2. The van der Waals surface area contributed by atoms with Crippen LogP contribution >= 0.6 is 0 Å². The molecule has 1 aromatic rings. The maximum atomic E-state index is 6.07. The number of pyridine rings is 1. The van der Waals surface area contributed by atoms with Gasteiger partial charge < -0.3 is 11.1 Å². The molecule has 0 saturated heterocycles. The minimum Gasteiger partial charge on any atom is -0.366 e. The fourth-order valence-electron chi connectivity index (χ4n) is 2.15. The molecule has 1 saturated carbocycles. The summed E-state index contributed by atoms with van der Waals surface area (Å²) in [7, 11) is 0. The first-order valence-corrected chi connectivity index (χ1v) is 5.71. The highest BCUT2D eigenvalue weighted by Crippen LogP contribution is 2.20. The third-order valence-electron chi connectivity index (χ3n) is 3.04. The van der Waals surface area contributed by atoms with E-state index in [1.165, 1.54) is 12.8 Å². The largest absolute Gasteiger partial charge is 0.366 e. The molecular formula is C12H19N3. The number of nitrogens with zero attached hydrogens (tertiary/aromatic N) is 1. The maximum absolute atomic E-state index is 6.07. The summed E-state index contributed by atoms with van der Waals surface area (Å²) in [6.45, 7) is 2.01. The van der Waals surface area contributed by atoms with Crippen LogP contribution in [0.15, 0.2) is 18.2 Å². The molecule has 3 N–H and O–H groups in total. The van der Waals surface area contributed by atoms with E-state index in [1.807, 2.05) is 25.1 Å². The molecule has 1 aliphatic carbocycles. The van der Waals surface area contributed by atoms with Crippen molar-refractivity contribution in [3.8, 4) is 0 Å². The summed E-state index contributed by atoms with van der Waals surface area (Å²) in [4.78, 5) is 4.44. The van der Waals surface area contributed by atoms with Gasteiger partial charge in [-0.25, -0.2) is 4.98 Å². The van der Waals surface area contributed by atoms with Gasteiger partial charge in [0.25, 0.3) is 0 Å². The van der Waals surface area contributed by atoms with Crippen molar-refractivity contribution < 1.29 is 0 Å². The maximum Gasteiger partial charge on any atom is 0.126 e. The zero-order valence-corrected chi connectivity index (χ0v) is 9.24. The van der Waals surface area contributed by atoms with Gasteiger partial charge in [-0.15, -0.1) is 0 Å². The van der Waals surface area contributed by atoms with Crippen LogP contribution in [0.25, 0.3) is 0 Å². The van der Waals surface area contributed by atoms with E-state index in [0.29, 0.717) is 6.04 Å². The molecule has 3 nitrogen and oxygen atoms in total. The van der Waals surface area contributed by atoms with Crippen LogP contribution in [0.5, 0.6) is 0 Å². The van der Waals surface area contributed by atoms with Crippen LogP contribution in [0.1, 0.15) is 31.4 Å². The van der Waals surface area contributed by atoms with Gasteiger partial charge in [0, 0.05) is 17.8 Å². The van der Waals surface area contributed by atoms with E-state index in [0.717, 1.165) is 24.4 Å². The predicted molar refractivity (Wildman–Crippen MR) is 62.8 cm³/mol. The van der Waals surface area contributed by atoms with Gasteiger partial charge in [0.15, 0.2) is 0 Å². The standard InChI is InChI=1S/C12H19N3/c1-9-5-4-8-12(14-9)15-11-7-3-2-6-10(11)13/h4-5,8,10-11H,2-3,6-7,13H2,1H3,(H,14,15)/t10-,11+/m0/s1. The Morgan fingerprint density at radius 1 is 1.33 bits per heavy atom. The van der Waals surface area contributed by atoms with Crippen LogP contribution in [-0.2, 0) is 0 Å². The highest BCUT2D eigenvalue weighted by molar-refractivity contribution is 5.36. The zero-order valence-electron chi connectivity index (χ0n) is 9.24. The van der Waals surface area contributed by atoms with Crippen molar-refractivity contribution in [3.63, 3.8) is 0 Å². The van der Waals surface area contributed by atoms with E-state index in [9.17, 15) is 0 Å². The van der Waals surface area contributed by atoms with Crippen molar-refractivity contribution in [3.05, 3.63) is 23.9 Å². The zero-order chi connectivity index (χ0) is 10.7. The monoisotopic (exact) mass is 205 g/mol. The third kappa shape index (κ3) is 2.69. The number of aromatic nitrogens is 1. The van der Waals surface area contributed by atoms with Gasteiger partial charge in [0.1, 0.15) is 5.82 Å². The van der Waals surface area contributed by atoms with E-state index >= 15 is 0 Å². The van der Waals surface area contributed by atoms with Crippen LogP contribution < -0.4 is 11.1 Å². The van der Waals surface area contributed by atoms with Crippen molar-refractivity contribution in [1.29, 1.82) is 0 Å². The molecule has 1 aromatic heterocycles. The van der Waals surface area contributed by atoms with Crippen molar-refractivity contribution in [2.75, 3.05) is 5.32 Å². The van der Waals surface area contributed by atoms with Gasteiger partial charge in [0.2, 0.25) is 0 Å². The molecule has 0 unspecified atom stereocenters. The second kappa shape index (κ2) is 4.62. The number of hydrogen-bond acceptors (Lipinski definition) is 3. The molecule has 2 atom stereocenters. The Morgan fingerprint density at radius 3 is 2.87 bits per heavy atom. The molecule has 1 fully saturated rings. The molecule has 3 heteroatoms. The fraction of sp³-hybridized carbons (Fsp3) is 0.583. The Bertz CT molecular complexity index is 324. The first-order chi connectivity index (χ1) is 7.25. The first kappa shape index (κ1) is 10.4. The molecule has 0 aliphatic heterocycles. The summed E-state index contributed by atoms with van der Waals surface area (Å²) in [5.74, 6) is 0.956. The Labute approximate surface area is 91.1 Å². The lowest BCUT2D eigenvalue weighted by atomic mass is 9.91. The van der Waals surface area contributed by atoms with Crippen LogP contribution in [0.4, 0.5) is 5.82 Å². The van der Waals surface area contributed by atoms with Crippen LogP contribution in [-0.4, -0.2) is 17.1 Å². The van der Waals surface area contributed by atoms with Gasteiger partial charge >= 0.3 is 0 Å². The lowest BCUT2D eigenvalue weighted by molar-refractivity contribution is 0.403. The average molecular weight is 205 g/mol. The SMILES string of the molecule is Cc1cccc(N[C@@H]2CCCC[C@@H]2N)n1. The summed E-state index contributed by atoms with van der Waals surface area (Å²) < 4.78 is 0. The normalized spacial score (nSPS) is 26.3. The molecule has 0 bridgehead atoms. The van der Waals surface area contributed by atoms with Crippen LogP contribution in [0, 0.1) is 6.92 Å².